The SMILES string of the molecule is Cc1ccc(C2CC2)cc1N(C(N)=O)c1nc(-c2ccccc2)c(C(=O)NCc2ccccc2)s1. The molecule has 4 aromatic rings. The Morgan fingerprint density at radius 3 is 2.37 bits per heavy atom. The molecule has 3 aromatic carbocycles. The summed E-state index contributed by atoms with van der Waals surface area (Å²) in [6, 6.07) is 24.7. The number of nitrogens with one attached hydrogen (secondary N) is 1. The second-order valence-electron chi connectivity index (χ2n) is 8.70. The van der Waals surface area contributed by atoms with E-state index in [0.717, 1.165) is 29.5 Å². The third kappa shape index (κ3) is 4.95. The van der Waals surface area contributed by atoms with Crippen LogP contribution < -0.4 is 16.0 Å². The van der Waals surface area contributed by atoms with Crippen molar-refractivity contribution in [3.63, 3.8) is 0 Å². The van der Waals surface area contributed by atoms with E-state index in [1.807, 2.05) is 79.7 Å². The number of aryl methyl sites for hydroxylation is 1. The molecule has 0 aliphatic heterocycles. The number of anilines is 2. The lowest BCUT2D eigenvalue weighted by molar-refractivity contribution is 0.0955. The summed E-state index contributed by atoms with van der Waals surface area (Å²) in [6.07, 6.45) is 2.31. The van der Waals surface area contributed by atoms with Crippen LogP contribution in [-0.2, 0) is 6.54 Å². The van der Waals surface area contributed by atoms with Gasteiger partial charge >= 0.3 is 6.03 Å². The maximum atomic E-state index is 13.3. The lowest BCUT2D eigenvalue weighted by Gasteiger charge is -2.20. The van der Waals surface area contributed by atoms with Crippen molar-refractivity contribution in [2.45, 2.75) is 32.2 Å². The molecule has 0 spiro atoms. The predicted molar refractivity (Wildman–Crippen MR) is 140 cm³/mol. The fraction of sp³-hybridized carbons (Fsp3) is 0.179. The van der Waals surface area contributed by atoms with Crippen molar-refractivity contribution in [3.05, 3.63) is 100 Å². The highest BCUT2D eigenvalue weighted by Gasteiger charge is 2.29. The zero-order valence-corrected chi connectivity index (χ0v) is 20.2. The Kier molecular flexibility index (Phi) is 6.33. The molecular formula is C28H26N4O2S. The first-order chi connectivity index (χ1) is 17.0. The summed E-state index contributed by atoms with van der Waals surface area (Å²) < 4.78 is 0. The van der Waals surface area contributed by atoms with Crippen LogP contribution in [0, 0.1) is 6.92 Å². The Labute approximate surface area is 208 Å². The molecule has 0 atom stereocenters. The highest BCUT2D eigenvalue weighted by Crippen LogP contribution is 2.43. The predicted octanol–water partition coefficient (Wildman–Crippen LogP) is 6.14. The molecule has 3 amide bonds. The van der Waals surface area contributed by atoms with E-state index in [0.29, 0.717) is 33.9 Å². The van der Waals surface area contributed by atoms with Crippen LogP contribution in [0.15, 0.2) is 78.9 Å². The number of benzene rings is 3. The van der Waals surface area contributed by atoms with E-state index in [-0.39, 0.29) is 5.91 Å². The molecule has 0 bridgehead atoms. The third-order valence-electron chi connectivity index (χ3n) is 6.10. The second-order valence-corrected chi connectivity index (χ2v) is 9.68. The van der Waals surface area contributed by atoms with E-state index in [9.17, 15) is 9.59 Å². The number of thiazole rings is 1. The van der Waals surface area contributed by atoms with Gasteiger partial charge in [0.25, 0.3) is 5.91 Å². The number of urea groups is 1. The van der Waals surface area contributed by atoms with E-state index in [4.69, 9.17) is 10.7 Å². The normalized spacial score (nSPS) is 12.8. The van der Waals surface area contributed by atoms with Crippen molar-refractivity contribution in [1.82, 2.24) is 10.3 Å². The first-order valence-electron chi connectivity index (χ1n) is 11.6. The number of amides is 3. The Balaban J connectivity index is 1.54. The Morgan fingerprint density at radius 1 is 1.03 bits per heavy atom. The smallest absolute Gasteiger partial charge is 0.325 e. The first kappa shape index (κ1) is 22.8. The minimum atomic E-state index is -0.634. The number of carbonyl (C=O) groups excluding carboxylic acids is 2. The van der Waals surface area contributed by atoms with Gasteiger partial charge in [-0.2, -0.15) is 0 Å². The van der Waals surface area contributed by atoms with Gasteiger partial charge in [0.1, 0.15) is 4.88 Å². The second kappa shape index (κ2) is 9.72. The molecule has 1 aromatic heterocycles. The summed E-state index contributed by atoms with van der Waals surface area (Å²) in [4.78, 5) is 32.6. The van der Waals surface area contributed by atoms with E-state index >= 15 is 0 Å². The minimum Gasteiger partial charge on any atom is -0.351 e. The number of carbonyl (C=O) groups is 2. The van der Waals surface area contributed by atoms with Crippen LogP contribution in [0.25, 0.3) is 11.3 Å². The molecule has 6 nitrogen and oxygen atoms in total. The molecule has 1 aliphatic rings. The van der Waals surface area contributed by atoms with Crippen molar-refractivity contribution >= 4 is 34.1 Å². The molecular weight excluding hydrogens is 456 g/mol. The summed E-state index contributed by atoms with van der Waals surface area (Å²) in [5.74, 6) is 0.281. The van der Waals surface area contributed by atoms with Crippen molar-refractivity contribution in [2.24, 2.45) is 5.73 Å². The molecule has 176 valence electrons. The van der Waals surface area contributed by atoms with Crippen LogP contribution >= 0.6 is 11.3 Å². The maximum Gasteiger partial charge on any atom is 0.325 e. The Morgan fingerprint density at radius 2 is 1.71 bits per heavy atom. The average Bonchev–Trinajstić information content (AvgIpc) is 3.64. The molecule has 0 unspecified atom stereocenters. The van der Waals surface area contributed by atoms with E-state index < -0.39 is 6.03 Å². The summed E-state index contributed by atoms with van der Waals surface area (Å²) in [6.45, 7) is 2.34. The molecule has 5 rings (SSSR count). The lowest BCUT2D eigenvalue weighted by atomic mass is 10.1. The highest BCUT2D eigenvalue weighted by molar-refractivity contribution is 7.18. The summed E-state index contributed by atoms with van der Waals surface area (Å²) in [7, 11) is 0. The van der Waals surface area contributed by atoms with Crippen LogP contribution in [0.4, 0.5) is 15.6 Å². The molecule has 7 heteroatoms. The number of primary amides is 1. The van der Waals surface area contributed by atoms with E-state index in [1.165, 1.54) is 21.8 Å². The fourth-order valence-corrected chi connectivity index (χ4v) is 5.09. The van der Waals surface area contributed by atoms with Crippen LogP contribution in [0.5, 0.6) is 0 Å². The Hall–Kier alpha value is -3.97. The minimum absolute atomic E-state index is 0.246. The van der Waals surface area contributed by atoms with Gasteiger partial charge in [0, 0.05) is 12.1 Å². The van der Waals surface area contributed by atoms with Crippen molar-refractivity contribution < 1.29 is 9.59 Å². The van der Waals surface area contributed by atoms with Crippen molar-refractivity contribution in [3.8, 4) is 11.3 Å². The number of nitrogens with two attached hydrogens (primary N) is 1. The fourth-order valence-electron chi connectivity index (χ4n) is 4.06. The number of aromatic nitrogens is 1. The van der Waals surface area contributed by atoms with Gasteiger partial charge in [-0.25, -0.2) is 14.7 Å². The maximum absolute atomic E-state index is 13.3. The van der Waals surface area contributed by atoms with Gasteiger partial charge in [-0.1, -0.05) is 84.1 Å². The number of rotatable bonds is 7. The van der Waals surface area contributed by atoms with Gasteiger partial charge in [0.2, 0.25) is 0 Å². The standard InChI is InChI=1S/C28H26N4O2S/c1-18-12-13-22(20-14-15-20)16-23(18)32(27(29)34)28-31-24(21-10-6-3-7-11-21)25(35-28)26(33)30-17-19-8-4-2-5-9-19/h2-13,16,20H,14-15,17H2,1H3,(H2,29,34)(H,30,33). The van der Waals surface area contributed by atoms with Gasteiger partial charge in [-0.3, -0.25) is 4.79 Å². The molecule has 1 aliphatic carbocycles. The van der Waals surface area contributed by atoms with Gasteiger partial charge in [-0.15, -0.1) is 0 Å². The summed E-state index contributed by atoms with van der Waals surface area (Å²) >= 11 is 1.17. The van der Waals surface area contributed by atoms with Crippen molar-refractivity contribution in [2.75, 3.05) is 4.90 Å². The molecule has 1 fully saturated rings. The zero-order chi connectivity index (χ0) is 24.4. The largest absolute Gasteiger partial charge is 0.351 e. The van der Waals surface area contributed by atoms with Gasteiger partial charge in [0.05, 0.1) is 11.4 Å². The van der Waals surface area contributed by atoms with Crippen LogP contribution in [0.1, 0.15) is 45.1 Å². The van der Waals surface area contributed by atoms with Crippen LogP contribution in [0.2, 0.25) is 0 Å². The monoisotopic (exact) mass is 482 g/mol. The quantitative estimate of drug-likeness (QED) is 0.331. The van der Waals surface area contributed by atoms with Gasteiger partial charge in [-0.05, 0) is 48.4 Å². The Bertz CT molecular complexity index is 1360. The number of nitrogens with zero attached hydrogens (tertiary/aromatic N) is 2. The average molecular weight is 483 g/mol. The van der Waals surface area contributed by atoms with Crippen molar-refractivity contribution in [1.29, 1.82) is 0 Å². The van der Waals surface area contributed by atoms with E-state index in [2.05, 4.69) is 11.4 Å². The summed E-state index contributed by atoms with van der Waals surface area (Å²) in [5.41, 5.74) is 11.0. The molecule has 1 saturated carbocycles. The molecule has 35 heavy (non-hydrogen) atoms. The number of hydrogen-bond acceptors (Lipinski definition) is 4. The lowest BCUT2D eigenvalue weighted by Crippen LogP contribution is -2.32. The molecule has 3 N–H and O–H groups in total. The van der Waals surface area contributed by atoms with Crippen LogP contribution in [0.3, 0.4) is 0 Å². The topological polar surface area (TPSA) is 88.3 Å². The first-order valence-corrected chi connectivity index (χ1v) is 12.4. The van der Waals surface area contributed by atoms with E-state index in [1.54, 1.807) is 0 Å². The third-order valence-corrected chi connectivity index (χ3v) is 7.14. The molecule has 0 saturated heterocycles. The summed E-state index contributed by atoms with van der Waals surface area (Å²) in [5, 5.41) is 3.36. The van der Waals surface area contributed by atoms with Gasteiger partial charge < -0.3 is 11.1 Å². The highest BCUT2D eigenvalue weighted by atomic mass is 32.1. The number of hydrogen-bond donors (Lipinski definition) is 2. The van der Waals surface area contributed by atoms with Crippen LogP contribution in [-0.4, -0.2) is 16.9 Å². The van der Waals surface area contributed by atoms with Gasteiger partial charge in [0.15, 0.2) is 5.13 Å². The molecule has 0 radical (unpaired) electrons. The molecule has 1 heterocycles. The zero-order valence-electron chi connectivity index (χ0n) is 19.4.